The van der Waals surface area contributed by atoms with Gasteiger partial charge < -0.3 is 9.47 Å². The lowest BCUT2D eigenvalue weighted by Gasteiger charge is -2.22. The average Bonchev–Trinajstić information content (AvgIpc) is 3.35. The smallest absolute Gasteiger partial charge is 0.418 e. The second-order valence-electron chi connectivity index (χ2n) is 5.99. The van der Waals surface area contributed by atoms with E-state index in [9.17, 15) is 9.59 Å². The summed E-state index contributed by atoms with van der Waals surface area (Å²) in [5.41, 5.74) is 1.55. The molecule has 2 unspecified atom stereocenters. The van der Waals surface area contributed by atoms with Crippen LogP contribution < -0.4 is 9.64 Å². The van der Waals surface area contributed by atoms with Crippen molar-refractivity contribution in [2.45, 2.75) is 25.1 Å². The number of carbonyl (C=O) groups is 2. The highest BCUT2D eigenvalue weighted by atomic mass is 16.6. The lowest BCUT2D eigenvalue weighted by atomic mass is 10.2. The third kappa shape index (κ3) is 2.77. The molecule has 7 heteroatoms. The molecule has 0 bridgehead atoms. The molecule has 1 aliphatic heterocycles. The predicted molar refractivity (Wildman–Crippen MR) is 89.3 cm³/mol. The van der Waals surface area contributed by atoms with E-state index in [1.807, 2.05) is 30.3 Å². The van der Waals surface area contributed by atoms with Gasteiger partial charge in [0.1, 0.15) is 6.61 Å². The first-order chi connectivity index (χ1) is 12.2. The lowest BCUT2D eigenvalue weighted by Crippen LogP contribution is -2.41. The SMILES string of the molecule is COc1cc(N2C(=O)N(C(=O)OCc3ccccc3)C3CC32)ccn1. The van der Waals surface area contributed by atoms with E-state index in [1.165, 1.54) is 12.0 Å². The molecule has 3 amide bonds. The van der Waals surface area contributed by atoms with Crippen LogP contribution >= 0.6 is 0 Å². The second-order valence-corrected chi connectivity index (χ2v) is 5.99. The molecule has 128 valence electrons. The monoisotopic (exact) mass is 339 g/mol. The number of hydrogen-bond donors (Lipinski definition) is 0. The van der Waals surface area contributed by atoms with Crippen LogP contribution in [0.1, 0.15) is 12.0 Å². The number of imide groups is 1. The summed E-state index contributed by atoms with van der Waals surface area (Å²) < 4.78 is 10.4. The zero-order chi connectivity index (χ0) is 17.4. The Hall–Kier alpha value is -3.09. The Labute approximate surface area is 144 Å². The number of pyridine rings is 1. The van der Waals surface area contributed by atoms with Crippen LogP contribution in [0.15, 0.2) is 48.7 Å². The Morgan fingerprint density at radius 2 is 2.04 bits per heavy atom. The third-order valence-electron chi connectivity index (χ3n) is 4.41. The number of urea groups is 1. The Morgan fingerprint density at radius 3 is 2.80 bits per heavy atom. The van der Waals surface area contributed by atoms with E-state index in [1.54, 1.807) is 23.2 Å². The molecule has 1 aromatic heterocycles. The zero-order valence-electron chi connectivity index (χ0n) is 13.7. The van der Waals surface area contributed by atoms with Crippen molar-refractivity contribution >= 4 is 17.8 Å². The molecule has 0 N–H and O–H groups in total. The zero-order valence-corrected chi connectivity index (χ0v) is 13.7. The summed E-state index contributed by atoms with van der Waals surface area (Å²) in [5, 5.41) is 0. The number of hydrogen-bond acceptors (Lipinski definition) is 5. The molecule has 2 aliphatic rings. The molecular formula is C18H17N3O4. The molecule has 0 spiro atoms. The van der Waals surface area contributed by atoms with Gasteiger partial charge in [-0.3, -0.25) is 4.90 Å². The van der Waals surface area contributed by atoms with Crippen LogP contribution in [-0.4, -0.2) is 41.2 Å². The first-order valence-corrected chi connectivity index (χ1v) is 8.02. The first kappa shape index (κ1) is 15.4. The number of carbonyl (C=O) groups excluding carboxylic acids is 2. The fourth-order valence-electron chi connectivity index (χ4n) is 3.09. The topological polar surface area (TPSA) is 72.0 Å². The number of fused-ring (bicyclic) bond motifs is 1. The van der Waals surface area contributed by atoms with Crippen molar-refractivity contribution in [3.05, 3.63) is 54.2 Å². The van der Waals surface area contributed by atoms with Crippen molar-refractivity contribution in [3.8, 4) is 5.88 Å². The van der Waals surface area contributed by atoms with Gasteiger partial charge in [0, 0.05) is 12.3 Å². The minimum atomic E-state index is -0.607. The molecule has 2 fully saturated rings. The number of ether oxygens (including phenoxy) is 2. The van der Waals surface area contributed by atoms with Crippen LogP contribution in [0.4, 0.5) is 15.3 Å². The minimum Gasteiger partial charge on any atom is -0.481 e. The summed E-state index contributed by atoms with van der Waals surface area (Å²) in [6, 6.07) is 12.3. The summed E-state index contributed by atoms with van der Waals surface area (Å²) in [6.45, 7) is 0.143. The number of amides is 3. The van der Waals surface area contributed by atoms with Gasteiger partial charge in [0.25, 0.3) is 0 Å². The molecule has 0 radical (unpaired) electrons. The van der Waals surface area contributed by atoms with E-state index in [0.29, 0.717) is 11.6 Å². The van der Waals surface area contributed by atoms with Gasteiger partial charge in [0.15, 0.2) is 0 Å². The molecule has 1 saturated carbocycles. The van der Waals surface area contributed by atoms with Crippen LogP contribution in [0.25, 0.3) is 0 Å². The van der Waals surface area contributed by atoms with Crippen LogP contribution in [-0.2, 0) is 11.3 Å². The maximum Gasteiger partial charge on any atom is 0.418 e. The molecule has 2 heterocycles. The molecule has 4 rings (SSSR count). The molecule has 7 nitrogen and oxygen atoms in total. The van der Waals surface area contributed by atoms with Gasteiger partial charge in [-0.15, -0.1) is 0 Å². The normalized spacial score (nSPS) is 21.1. The third-order valence-corrected chi connectivity index (χ3v) is 4.41. The van der Waals surface area contributed by atoms with Gasteiger partial charge >= 0.3 is 12.1 Å². The van der Waals surface area contributed by atoms with Crippen molar-refractivity contribution in [2.75, 3.05) is 12.0 Å². The molecule has 1 aliphatic carbocycles. The Morgan fingerprint density at radius 1 is 1.24 bits per heavy atom. The van der Waals surface area contributed by atoms with Crippen LogP contribution in [0.3, 0.4) is 0 Å². The van der Waals surface area contributed by atoms with Gasteiger partial charge in [-0.2, -0.15) is 0 Å². The van der Waals surface area contributed by atoms with E-state index in [2.05, 4.69) is 4.98 Å². The van der Waals surface area contributed by atoms with Crippen LogP contribution in [0.2, 0.25) is 0 Å². The largest absolute Gasteiger partial charge is 0.481 e. The summed E-state index contributed by atoms with van der Waals surface area (Å²) in [4.78, 5) is 31.9. The fourth-order valence-corrected chi connectivity index (χ4v) is 3.09. The number of rotatable bonds is 4. The number of anilines is 1. The van der Waals surface area contributed by atoms with Crippen molar-refractivity contribution in [1.29, 1.82) is 0 Å². The van der Waals surface area contributed by atoms with Crippen molar-refractivity contribution in [3.63, 3.8) is 0 Å². The number of methoxy groups -OCH3 is 1. The molecule has 2 aromatic rings. The average molecular weight is 339 g/mol. The fraction of sp³-hybridized carbons (Fsp3) is 0.278. The standard InChI is InChI=1S/C18H17N3O4/c1-24-16-9-13(7-8-19-16)20-14-10-15(14)21(17(20)22)18(23)25-11-12-5-3-2-4-6-12/h2-9,14-15H,10-11H2,1H3. The number of benzene rings is 1. The molecule has 2 atom stereocenters. The van der Waals surface area contributed by atoms with Gasteiger partial charge in [0.2, 0.25) is 5.88 Å². The van der Waals surface area contributed by atoms with Gasteiger partial charge in [-0.1, -0.05) is 30.3 Å². The van der Waals surface area contributed by atoms with Gasteiger partial charge in [-0.25, -0.2) is 19.5 Å². The maximum atomic E-state index is 12.7. The second kappa shape index (κ2) is 6.08. The van der Waals surface area contributed by atoms with Gasteiger partial charge in [-0.05, 0) is 18.1 Å². The summed E-state index contributed by atoms with van der Waals surface area (Å²) in [7, 11) is 1.52. The molecule has 1 saturated heterocycles. The first-order valence-electron chi connectivity index (χ1n) is 8.02. The van der Waals surface area contributed by atoms with Gasteiger partial charge in [0.05, 0.1) is 24.9 Å². The van der Waals surface area contributed by atoms with E-state index in [-0.39, 0.29) is 24.7 Å². The highest BCUT2D eigenvalue weighted by Crippen LogP contribution is 2.44. The highest BCUT2D eigenvalue weighted by Gasteiger charge is 2.60. The predicted octanol–water partition coefficient (Wildman–Crippen LogP) is 2.81. The molecule has 25 heavy (non-hydrogen) atoms. The molecular weight excluding hydrogens is 322 g/mol. The van der Waals surface area contributed by atoms with Crippen LogP contribution in [0.5, 0.6) is 5.88 Å². The molecule has 1 aromatic carbocycles. The van der Waals surface area contributed by atoms with E-state index < -0.39 is 6.09 Å². The van der Waals surface area contributed by atoms with E-state index >= 15 is 0 Å². The van der Waals surface area contributed by atoms with Crippen LogP contribution in [0, 0.1) is 0 Å². The summed E-state index contributed by atoms with van der Waals surface area (Å²) in [5.74, 6) is 0.424. The Kier molecular flexibility index (Phi) is 3.76. The van der Waals surface area contributed by atoms with E-state index in [4.69, 9.17) is 9.47 Å². The van der Waals surface area contributed by atoms with Crippen molar-refractivity contribution < 1.29 is 19.1 Å². The number of aromatic nitrogens is 1. The minimum absolute atomic E-state index is 0.0103. The van der Waals surface area contributed by atoms with Crippen molar-refractivity contribution in [1.82, 2.24) is 9.88 Å². The lowest BCUT2D eigenvalue weighted by molar-refractivity contribution is 0.107. The quantitative estimate of drug-likeness (QED) is 0.856. The highest BCUT2D eigenvalue weighted by molar-refractivity contribution is 6.05. The Bertz CT molecular complexity index is 811. The Balaban J connectivity index is 1.47. The van der Waals surface area contributed by atoms with E-state index in [0.717, 1.165) is 12.0 Å². The summed E-state index contributed by atoms with van der Waals surface area (Å²) in [6.07, 6.45) is 1.72. The summed E-state index contributed by atoms with van der Waals surface area (Å²) >= 11 is 0. The maximum absolute atomic E-state index is 12.7. The number of nitrogens with zero attached hydrogens (tertiary/aromatic N) is 3. The van der Waals surface area contributed by atoms with Crippen molar-refractivity contribution in [2.24, 2.45) is 0 Å².